The van der Waals surface area contributed by atoms with E-state index < -0.39 is 9.04 Å². The van der Waals surface area contributed by atoms with E-state index in [1.165, 1.54) is 10.8 Å². The number of halogens is 1. The van der Waals surface area contributed by atoms with Crippen molar-refractivity contribution in [3.63, 3.8) is 0 Å². The van der Waals surface area contributed by atoms with Crippen molar-refractivity contribution in [2.75, 3.05) is 4.43 Å². The molecule has 0 aliphatic heterocycles. The van der Waals surface area contributed by atoms with Crippen LogP contribution in [0.15, 0.2) is 0 Å². The van der Waals surface area contributed by atoms with E-state index in [9.17, 15) is 0 Å². The lowest BCUT2D eigenvalue weighted by Crippen LogP contribution is -2.17. The maximum absolute atomic E-state index is 5.62. The van der Waals surface area contributed by atoms with Gasteiger partial charge in [-0.3, -0.25) is 0 Å². The smallest absolute Gasteiger partial charge is 0.171 e. The molecule has 0 spiro atoms. The minimum atomic E-state index is -0.763. The van der Waals surface area contributed by atoms with E-state index in [-0.39, 0.29) is 0 Å². The molecule has 0 saturated carbocycles. The van der Waals surface area contributed by atoms with Gasteiger partial charge in [0.1, 0.15) is 0 Å². The molecule has 0 bridgehead atoms. The summed E-state index contributed by atoms with van der Waals surface area (Å²) in [6.45, 7) is 6.58. The van der Waals surface area contributed by atoms with Crippen LogP contribution < -0.4 is 0 Å². The molecule has 0 aromatic heterocycles. The molecular formula is C6H15IOSi. The van der Waals surface area contributed by atoms with Gasteiger partial charge < -0.3 is 4.43 Å². The average Bonchev–Trinajstić information content (AvgIpc) is 1.63. The van der Waals surface area contributed by atoms with Gasteiger partial charge in [0.25, 0.3) is 0 Å². The number of alkyl halides is 1. The third-order valence-corrected chi connectivity index (χ3v) is 2.65. The fourth-order valence-electron chi connectivity index (χ4n) is 0.686. The van der Waals surface area contributed by atoms with Gasteiger partial charge in [-0.1, -0.05) is 22.6 Å². The highest BCUT2D eigenvalue weighted by molar-refractivity contribution is 14.1. The average molecular weight is 258 g/mol. The lowest BCUT2D eigenvalue weighted by Gasteiger charge is -2.13. The summed E-state index contributed by atoms with van der Waals surface area (Å²) < 4.78 is 6.83. The van der Waals surface area contributed by atoms with Gasteiger partial charge in [-0.2, -0.15) is 0 Å². The van der Waals surface area contributed by atoms with Crippen LogP contribution in [0.4, 0.5) is 0 Å². The molecule has 0 unspecified atom stereocenters. The van der Waals surface area contributed by atoms with E-state index in [0.717, 1.165) is 0 Å². The Morgan fingerprint density at radius 3 is 2.44 bits per heavy atom. The van der Waals surface area contributed by atoms with E-state index >= 15 is 0 Å². The zero-order chi connectivity index (χ0) is 7.28. The van der Waals surface area contributed by atoms with Crippen molar-refractivity contribution in [2.45, 2.75) is 32.5 Å². The van der Waals surface area contributed by atoms with E-state index in [1.807, 2.05) is 0 Å². The zero-order valence-corrected chi connectivity index (χ0v) is 9.67. The van der Waals surface area contributed by atoms with Crippen molar-refractivity contribution in [1.82, 2.24) is 0 Å². The predicted octanol–water partition coefficient (Wildman–Crippen LogP) is 2.20. The second-order valence-corrected chi connectivity index (χ2v) is 5.92. The minimum absolute atomic E-state index is 0.494. The molecule has 0 N–H and O–H groups in total. The quantitative estimate of drug-likeness (QED) is 0.427. The van der Waals surface area contributed by atoms with Crippen LogP contribution in [0.2, 0.25) is 13.1 Å². The lowest BCUT2D eigenvalue weighted by molar-refractivity contribution is 0.223. The van der Waals surface area contributed by atoms with E-state index in [2.05, 4.69) is 42.6 Å². The topological polar surface area (TPSA) is 9.23 Å². The van der Waals surface area contributed by atoms with Crippen LogP contribution in [0.3, 0.4) is 0 Å². The SMILES string of the molecule is C[C@H](CCI)O[SiH](C)C. The Labute approximate surface area is 73.0 Å². The van der Waals surface area contributed by atoms with Crippen molar-refractivity contribution in [3.05, 3.63) is 0 Å². The normalized spacial score (nSPS) is 14.3. The monoisotopic (exact) mass is 258 g/mol. The Balaban J connectivity index is 3.15. The first-order valence-corrected chi connectivity index (χ1v) is 7.69. The molecule has 0 aliphatic carbocycles. The lowest BCUT2D eigenvalue weighted by atomic mass is 10.3. The molecule has 0 saturated heterocycles. The highest BCUT2D eigenvalue weighted by atomic mass is 127. The summed E-state index contributed by atoms with van der Waals surface area (Å²) in [5.74, 6) is 0. The summed E-state index contributed by atoms with van der Waals surface area (Å²) in [6, 6.07) is 0. The van der Waals surface area contributed by atoms with Crippen LogP contribution in [0.5, 0.6) is 0 Å². The summed E-state index contributed by atoms with van der Waals surface area (Å²) in [4.78, 5) is 0. The first kappa shape index (κ1) is 9.91. The van der Waals surface area contributed by atoms with E-state index in [4.69, 9.17) is 4.43 Å². The Morgan fingerprint density at radius 1 is 1.56 bits per heavy atom. The molecule has 0 heterocycles. The van der Waals surface area contributed by atoms with Crippen LogP contribution in [-0.4, -0.2) is 19.6 Å². The molecular weight excluding hydrogens is 243 g/mol. The number of hydrogen-bond acceptors (Lipinski definition) is 1. The first-order chi connectivity index (χ1) is 4.16. The van der Waals surface area contributed by atoms with E-state index in [0.29, 0.717) is 6.10 Å². The van der Waals surface area contributed by atoms with Crippen molar-refractivity contribution in [2.24, 2.45) is 0 Å². The van der Waals surface area contributed by atoms with Gasteiger partial charge in [-0.15, -0.1) is 0 Å². The number of hydrogen-bond donors (Lipinski definition) is 0. The van der Waals surface area contributed by atoms with Crippen molar-refractivity contribution < 1.29 is 4.43 Å². The van der Waals surface area contributed by atoms with Crippen molar-refractivity contribution in [3.8, 4) is 0 Å². The molecule has 1 atom stereocenters. The largest absolute Gasteiger partial charge is 0.418 e. The molecule has 0 rings (SSSR count). The zero-order valence-electron chi connectivity index (χ0n) is 6.36. The second kappa shape index (κ2) is 5.67. The standard InChI is InChI=1S/C6H15IOSi/c1-6(4-5-7)8-9(2)3/h6,9H,4-5H2,1-3H3/t6-/m1/s1. The van der Waals surface area contributed by atoms with Gasteiger partial charge in [-0.05, 0) is 26.4 Å². The molecule has 0 aromatic carbocycles. The Morgan fingerprint density at radius 2 is 2.11 bits per heavy atom. The summed E-state index contributed by atoms with van der Waals surface area (Å²) in [5, 5.41) is 0. The van der Waals surface area contributed by atoms with E-state index in [1.54, 1.807) is 0 Å². The fourth-order valence-corrected chi connectivity index (χ4v) is 2.63. The summed E-state index contributed by atoms with van der Waals surface area (Å²) in [7, 11) is -0.763. The van der Waals surface area contributed by atoms with Gasteiger partial charge >= 0.3 is 0 Å². The molecule has 56 valence electrons. The molecule has 0 radical (unpaired) electrons. The van der Waals surface area contributed by atoms with Crippen LogP contribution in [0, 0.1) is 0 Å². The maximum Gasteiger partial charge on any atom is 0.171 e. The third-order valence-electron chi connectivity index (χ3n) is 1.02. The van der Waals surface area contributed by atoms with Gasteiger partial charge in [0.2, 0.25) is 0 Å². The molecule has 3 heteroatoms. The van der Waals surface area contributed by atoms with Gasteiger partial charge in [-0.25, -0.2) is 0 Å². The van der Waals surface area contributed by atoms with Gasteiger partial charge in [0, 0.05) is 10.5 Å². The summed E-state index contributed by atoms with van der Waals surface area (Å²) in [6.07, 6.45) is 1.69. The Bertz CT molecular complexity index is 68.1. The molecule has 0 amide bonds. The second-order valence-electron chi connectivity index (χ2n) is 2.47. The van der Waals surface area contributed by atoms with Crippen LogP contribution in [0.25, 0.3) is 0 Å². The summed E-state index contributed by atoms with van der Waals surface area (Å²) >= 11 is 2.38. The van der Waals surface area contributed by atoms with Gasteiger partial charge in [0.15, 0.2) is 9.04 Å². The Kier molecular flexibility index (Phi) is 6.25. The van der Waals surface area contributed by atoms with Crippen LogP contribution >= 0.6 is 22.6 Å². The Hall–Kier alpha value is 0.907. The number of rotatable bonds is 4. The van der Waals surface area contributed by atoms with Crippen LogP contribution in [-0.2, 0) is 4.43 Å². The van der Waals surface area contributed by atoms with Crippen molar-refractivity contribution in [1.29, 1.82) is 0 Å². The molecule has 0 aromatic rings. The minimum Gasteiger partial charge on any atom is -0.418 e. The maximum atomic E-state index is 5.62. The molecule has 9 heavy (non-hydrogen) atoms. The highest BCUT2D eigenvalue weighted by Crippen LogP contribution is 2.01. The van der Waals surface area contributed by atoms with Crippen LogP contribution in [0.1, 0.15) is 13.3 Å². The highest BCUT2D eigenvalue weighted by Gasteiger charge is 2.02. The molecule has 0 fully saturated rings. The van der Waals surface area contributed by atoms with Crippen molar-refractivity contribution >= 4 is 31.6 Å². The molecule has 1 nitrogen and oxygen atoms in total. The van der Waals surface area contributed by atoms with Gasteiger partial charge in [0.05, 0.1) is 0 Å². The first-order valence-electron chi connectivity index (χ1n) is 3.38. The fraction of sp³-hybridized carbons (Fsp3) is 1.00. The summed E-state index contributed by atoms with van der Waals surface area (Å²) in [5.41, 5.74) is 0. The third kappa shape index (κ3) is 6.80. The molecule has 0 aliphatic rings. The predicted molar refractivity (Wildman–Crippen MR) is 52.9 cm³/mol.